The zero-order valence-electron chi connectivity index (χ0n) is 58.2. The molecule has 6 bridgehead atoms. The first-order valence-corrected chi connectivity index (χ1v) is 32.9. The van der Waals surface area contributed by atoms with Crippen molar-refractivity contribution >= 4 is 33.8 Å². The van der Waals surface area contributed by atoms with Crippen LogP contribution in [0.2, 0.25) is 0 Å². The van der Waals surface area contributed by atoms with Crippen LogP contribution in [-0.2, 0) is 114 Å². The summed E-state index contributed by atoms with van der Waals surface area (Å²) in [6.07, 6.45) is 7.21. The Morgan fingerprint density at radius 2 is 0.510 bits per heavy atom. The Morgan fingerprint density at radius 1 is 0.312 bits per heavy atom. The van der Waals surface area contributed by atoms with Crippen molar-refractivity contribution in [1.29, 1.82) is 0 Å². The number of aliphatic hydroxyl groups excluding tert-OH is 4. The Bertz CT molecular complexity index is 1490. The maximum atomic E-state index is 10.0. The SMILES string of the molecule is C.C.CC12COC(CCCBr)(OC1)OC2.COCCO.COCCO.COCCOCCCC(=O)O.COCCOCCCC(=O)O.COCCOCCCC(=O)O.COCCOCCCC12OCC(C)(CO1)CO2.COCCOCCCC12OCC(C)(CO1)CO2.OCCO. The molecule has 9 aliphatic heterocycles. The quantitative estimate of drug-likeness (QED) is 0.0302. The number of ether oxygens (including phenoxy) is 21. The first-order valence-electron chi connectivity index (χ1n) is 31.8. The number of alkyl halides is 1. The van der Waals surface area contributed by atoms with Crippen molar-refractivity contribution in [1.82, 2.24) is 0 Å². The van der Waals surface area contributed by atoms with Gasteiger partial charge >= 0.3 is 17.9 Å². The molecule has 580 valence electrons. The molecule has 0 aromatic rings. The fourth-order valence-electron chi connectivity index (χ4n) is 7.40. The van der Waals surface area contributed by atoms with Crippen LogP contribution in [0, 0.1) is 16.2 Å². The predicted octanol–water partition coefficient (Wildman–Crippen LogP) is 5.27. The van der Waals surface area contributed by atoms with Crippen LogP contribution in [0.15, 0.2) is 0 Å². The third kappa shape index (κ3) is 59.6. The summed E-state index contributed by atoms with van der Waals surface area (Å²) in [5.74, 6) is -4.66. The lowest BCUT2D eigenvalue weighted by Crippen LogP contribution is -2.58. The van der Waals surface area contributed by atoms with Crippen LogP contribution in [0.3, 0.4) is 0 Å². The number of halogens is 1. The molecule has 0 saturated carbocycles. The summed E-state index contributed by atoms with van der Waals surface area (Å²) in [4.78, 5) is 30.0. The molecule has 0 atom stereocenters. The van der Waals surface area contributed by atoms with E-state index in [-0.39, 0.29) is 76.8 Å². The smallest absolute Gasteiger partial charge is 0.303 e. The van der Waals surface area contributed by atoms with Gasteiger partial charge in [-0.1, -0.05) is 51.6 Å². The van der Waals surface area contributed by atoms with Gasteiger partial charge in [0.1, 0.15) is 0 Å². The molecule has 7 N–H and O–H groups in total. The Labute approximate surface area is 581 Å². The minimum Gasteiger partial charge on any atom is -0.481 e. The number of hydrogen-bond acceptors (Lipinski definition) is 28. The molecule has 9 heterocycles. The van der Waals surface area contributed by atoms with E-state index in [0.717, 1.165) is 103 Å². The van der Waals surface area contributed by atoms with Gasteiger partial charge in [0, 0.05) is 143 Å². The summed E-state index contributed by atoms with van der Waals surface area (Å²) in [6, 6.07) is 0. The van der Waals surface area contributed by atoms with Gasteiger partial charge in [0.25, 0.3) is 17.9 Å². The zero-order chi connectivity index (χ0) is 71.0. The van der Waals surface area contributed by atoms with Crippen LogP contribution in [-0.4, -0.2) is 325 Å². The highest BCUT2D eigenvalue weighted by Crippen LogP contribution is 2.42. The Kier molecular flexibility index (Phi) is 73.3. The van der Waals surface area contributed by atoms with E-state index in [1.165, 1.54) is 0 Å². The van der Waals surface area contributed by atoms with Crippen LogP contribution in [0.25, 0.3) is 0 Å². The van der Waals surface area contributed by atoms with Crippen molar-refractivity contribution in [2.75, 3.05) is 253 Å². The maximum absolute atomic E-state index is 10.0. The number of aliphatic hydroxyl groups is 4. The highest BCUT2D eigenvalue weighted by molar-refractivity contribution is 9.09. The number of rotatable bonds is 43. The van der Waals surface area contributed by atoms with E-state index in [4.69, 9.17) is 126 Å². The molecule has 0 amide bonds. The summed E-state index contributed by atoms with van der Waals surface area (Å²) in [6.45, 7) is 22.5. The summed E-state index contributed by atoms with van der Waals surface area (Å²) in [5, 5.41) is 56.8. The lowest BCUT2D eigenvalue weighted by Gasteiger charge is -2.50. The van der Waals surface area contributed by atoms with E-state index in [1.807, 2.05) is 0 Å². The van der Waals surface area contributed by atoms with E-state index in [0.29, 0.717) is 132 Å². The van der Waals surface area contributed by atoms with Gasteiger partial charge in [0.2, 0.25) is 0 Å². The van der Waals surface area contributed by atoms with Gasteiger partial charge in [-0.2, -0.15) is 0 Å². The lowest BCUT2D eigenvalue weighted by molar-refractivity contribution is -0.468. The van der Waals surface area contributed by atoms with E-state index >= 15 is 0 Å². The molecule has 0 aliphatic carbocycles. The molecule has 96 heavy (non-hydrogen) atoms. The van der Waals surface area contributed by atoms with Gasteiger partial charge in [-0.15, -0.1) is 0 Å². The molecule has 0 aromatic heterocycles. The van der Waals surface area contributed by atoms with E-state index in [9.17, 15) is 14.4 Å². The van der Waals surface area contributed by atoms with Crippen molar-refractivity contribution in [2.24, 2.45) is 16.2 Å². The molecule has 9 aliphatic rings. The Morgan fingerprint density at radius 3 is 0.667 bits per heavy atom. The Hall–Kier alpha value is -2.11. The molecule has 9 fully saturated rings. The van der Waals surface area contributed by atoms with E-state index < -0.39 is 35.8 Å². The van der Waals surface area contributed by atoms with Crippen LogP contribution in [0.4, 0.5) is 0 Å². The highest BCUT2D eigenvalue weighted by atomic mass is 79.9. The lowest BCUT2D eigenvalue weighted by atomic mass is 9.91. The normalized spacial score (nSPS) is 23.4. The number of carboxylic acid groups (broad SMARTS) is 3. The molecule has 0 spiro atoms. The molecular weight excluding hydrogens is 1340 g/mol. The topological polar surface area (TPSA) is 387 Å². The molecule has 9 saturated heterocycles. The maximum Gasteiger partial charge on any atom is 0.303 e. The van der Waals surface area contributed by atoms with Crippen molar-refractivity contribution in [2.45, 2.75) is 131 Å². The number of hydrogen-bond donors (Lipinski definition) is 7. The van der Waals surface area contributed by atoms with E-state index in [2.05, 4.69) is 46.2 Å². The van der Waals surface area contributed by atoms with Crippen molar-refractivity contribution in [3.8, 4) is 0 Å². The average molecular weight is 1480 g/mol. The van der Waals surface area contributed by atoms with Crippen LogP contribution in [0.5, 0.6) is 0 Å². The molecule has 0 unspecified atom stereocenters. The molecule has 0 aromatic carbocycles. The molecule has 0 radical (unpaired) electrons. The van der Waals surface area contributed by atoms with Gasteiger partial charge in [-0.3, -0.25) is 14.4 Å². The number of carboxylic acids is 3. The number of carbonyl (C=O) groups is 3. The second-order valence-corrected chi connectivity index (χ2v) is 23.3. The van der Waals surface area contributed by atoms with E-state index in [1.54, 1.807) is 49.8 Å². The average Bonchev–Trinajstić information content (AvgIpc) is 0.803. The minimum absolute atomic E-state index is 0. The summed E-state index contributed by atoms with van der Waals surface area (Å²) < 4.78 is 110. The molecule has 9 rings (SSSR count). The predicted molar refractivity (Wildman–Crippen MR) is 357 cm³/mol. The summed E-state index contributed by atoms with van der Waals surface area (Å²) >= 11 is 3.39. The van der Waals surface area contributed by atoms with Gasteiger partial charge in [-0.05, 0) is 38.5 Å². The minimum atomic E-state index is -0.803. The summed E-state index contributed by atoms with van der Waals surface area (Å²) in [7, 11) is 11.2. The fourth-order valence-corrected chi connectivity index (χ4v) is 7.68. The first kappa shape index (κ1) is 103. The van der Waals surface area contributed by atoms with Crippen LogP contribution < -0.4 is 0 Å². The standard InChI is InChI=1S/2C12H22O5.C9H15BrO3.3C7H14O4.2C3H8O2.C2H6O2.2CH4/c2*1-11-8-15-12(16-9-11,17-10-11)4-3-5-14-7-6-13-2;1-8-5-11-9(12-6-8,13-7-8)3-2-4-10;3*1-10-5-6-11-4-2-3-7(8)9;2*1-5-3-2-4;3-1-2-4;;/h2*3-10H2,1-2H3;2-7H2,1H3;3*2-6H2,1H3,(H,8,9);2*4H,2-3H2,1H3;3-4H,1-2H2;2*1H4. The molecular formula is C64H131BrO31. The number of aliphatic carboxylic acids is 3. The Balaban J connectivity index is -0.000000333. The zero-order valence-corrected chi connectivity index (χ0v) is 59.8. The fraction of sp³-hybridized carbons (Fsp3) is 0.953. The van der Waals surface area contributed by atoms with Gasteiger partial charge in [0.05, 0.1) is 165 Å². The van der Waals surface area contributed by atoms with Gasteiger partial charge in [-0.25, -0.2) is 0 Å². The number of fused-ring (bicyclic) bond motifs is 9. The van der Waals surface area contributed by atoms with Crippen molar-refractivity contribution in [3.05, 3.63) is 0 Å². The molecule has 32 heteroatoms. The van der Waals surface area contributed by atoms with Crippen LogP contribution >= 0.6 is 15.9 Å². The summed E-state index contributed by atoms with van der Waals surface area (Å²) in [5.41, 5.74) is 0.156. The van der Waals surface area contributed by atoms with Crippen molar-refractivity contribution in [3.63, 3.8) is 0 Å². The monoisotopic (exact) mass is 1470 g/mol. The third-order valence-electron chi connectivity index (χ3n) is 12.8. The van der Waals surface area contributed by atoms with Crippen LogP contribution in [0.1, 0.15) is 113 Å². The second kappa shape index (κ2) is 68.6. The highest BCUT2D eigenvalue weighted by Gasteiger charge is 2.52. The third-order valence-corrected chi connectivity index (χ3v) is 13.4. The van der Waals surface area contributed by atoms with Crippen molar-refractivity contribution < 1.29 is 150 Å². The largest absolute Gasteiger partial charge is 0.481 e. The molecule has 31 nitrogen and oxygen atoms in total. The van der Waals surface area contributed by atoms with Gasteiger partial charge < -0.3 is 135 Å². The second-order valence-electron chi connectivity index (χ2n) is 22.5. The van der Waals surface area contributed by atoms with Gasteiger partial charge in [0.15, 0.2) is 0 Å². The first-order chi connectivity index (χ1) is 45.1. The number of methoxy groups -OCH3 is 7.